The first-order valence-corrected chi connectivity index (χ1v) is 5.24. The average Bonchev–Trinajstić information content (AvgIpc) is 2.35. The van der Waals surface area contributed by atoms with E-state index < -0.39 is 11.8 Å². The van der Waals surface area contributed by atoms with E-state index in [0.717, 1.165) is 0 Å². The summed E-state index contributed by atoms with van der Waals surface area (Å²) in [6.45, 7) is 0. The van der Waals surface area contributed by atoms with E-state index in [9.17, 15) is 9.18 Å². The zero-order valence-electron chi connectivity index (χ0n) is 9.09. The number of halogens is 1. The number of rotatable bonds is 1. The van der Waals surface area contributed by atoms with Gasteiger partial charge < -0.3 is 5.11 Å². The normalized spacial score (nSPS) is 10.9. The molecule has 1 aromatic heterocycles. The third kappa shape index (κ3) is 1.57. The molecule has 4 nitrogen and oxygen atoms in total. The minimum Gasteiger partial charge on any atom is -0.478 e. The van der Waals surface area contributed by atoms with Crippen molar-refractivity contribution in [2.75, 3.05) is 0 Å². The molecule has 3 aromatic rings. The van der Waals surface area contributed by atoms with Crippen LogP contribution in [0.5, 0.6) is 0 Å². The summed E-state index contributed by atoms with van der Waals surface area (Å²) in [4.78, 5) is 19.5. The Morgan fingerprint density at radius 2 is 1.89 bits per heavy atom. The standard InChI is InChI=1S/C13H7FN2O2/c14-7-4-5-9-11(6-7)16-12-8(13(17)18)2-1-3-10(12)15-9/h1-6H,(H,17,18). The summed E-state index contributed by atoms with van der Waals surface area (Å²) in [6, 6.07) is 8.78. The third-order valence-corrected chi connectivity index (χ3v) is 2.66. The average molecular weight is 242 g/mol. The molecule has 0 fully saturated rings. The molecule has 0 aliphatic rings. The van der Waals surface area contributed by atoms with Crippen LogP contribution in [0.2, 0.25) is 0 Å². The molecule has 0 aliphatic heterocycles. The number of para-hydroxylation sites is 1. The molecule has 0 saturated heterocycles. The summed E-state index contributed by atoms with van der Waals surface area (Å²) < 4.78 is 13.1. The molecule has 0 saturated carbocycles. The Hall–Kier alpha value is -2.56. The molecule has 0 radical (unpaired) electrons. The summed E-state index contributed by atoms with van der Waals surface area (Å²) in [6.07, 6.45) is 0. The molecule has 0 atom stereocenters. The molecule has 1 N–H and O–H groups in total. The van der Waals surface area contributed by atoms with Crippen molar-refractivity contribution < 1.29 is 14.3 Å². The van der Waals surface area contributed by atoms with E-state index in [0.29, 0.717) is 16.6 Å². The number of fused-ring (bicyclic) bond motifs is 2. The molecule has 5 heteroatoms. The zero-order chi connectivity index (χ0) is 12.7. The van der Waals surface area contributed by atoms with Gasteiger partial charge in [0.05, 0.1) is 22.1 Å². The van der Waals surface area contributed by atoms with Gasteiger partial charge in [-0.25, -0.2) is 19.2 Å². The van der Waals surface area contributed by atoms with Gasteiger partial charge in [-0.1, -0.05) is 6.07 Å². The Kier molecular flexibility index (Phi) is 2.19. The van der Waals surface area contributed by atoms with E-state index in [4.69, 9.17) is 5.11 Å². The lowest BCUT2D eigenvalue weighted by Gasteiger charge is -2.03. The molecule has 3 rings (SSSR count). The second kappa shape index (κ2) is 3.73. The number of aromatic carboxylic acids is 1. The Morgan fingerprint density at radius 3 is 2.67 bits per heavy atom. The van der Waals surface area contributed by atoms with Crippen LogP contribution < -0.4 is 0 Å². The van der Waals surface area contributed by atoms with Gasteiger partial charge in [0.2, 0.25) is 0 Å². The van der Waals surface area contributed by atoms with Crippen molar-refractivity contribution in [3.05, 3.63) is 47.8 Å². The lowest BCUT2D eigenvalue weighted by molar-refractivity contribution is 0.0699. The Balaban J connectivity index is 2.45. The summed E-state index contributed by atoms with van der Waals surface area (Å²) in [5, 5.41) is 9.07. The summed E-state index contributed by atoms with van der Waals surface area (Å²) >= 11 is 0. The first kappa shape index (κ1) is 10.6. The molecule has 18 heavy (non-hydrogen) atoms. The van der Waals surface area contributed by atoms with Crippen LogP contribution in [0.4, 0.5) is 4.39 Å². The van der Waals surface area contributed by atoms with E-state index in [1.165, 1.54) is 24.3 Å². The fourth-order valence-electron chi connectivity index (χ4n) is 1.84. The van der Waals surface area contributed by atoms with Gasteiger partial charge in [-0.2, -0.15) is 0 Å². The number of carboxylic acids is 1. The van der Waals surface area contributed by atoms with E-state index in [-0.39, 0.29) is 11.1 Å². The smallest absolute Gasteiger partial charge is 0.337 e. The maximum Gasteiger partial charge on any atom is 0.337 e. The minimum absolute atomic E-state index is 0.0613. The van der Waals surface area contributed by atoms with Crippen LogP contribution in [0.3, 0.4) is 0 Å². The molecule has 2 aromatic carbocycles. The van der Waals surface area contributed by atoms with Gasteiger partial charge >= 0.3 is 5.97 Å². The first-order valence-electron chi connectivity index (χ1n) is 5.24. The quantitative estimate of drug-likeness (QED) is 0.666. The van der Waals surface area contributed by atoms with Crippen LogP contribution in [0, 0.1) is 5.82 Å². The number of carboxylic acid groups (broad SMARTS) is 1. The Morgan fingerprint density at radius 1 is 1.06 bits per heavy atom. The van der Waals surface area contributed by atoms with Crippen LogP contribution in [0.25, 0.3) is 22.1 Å². The molecule has 88 valence electrons. The minimum atomic E-state index is -1.08. The number of carbonyl (C=O) groups is 1. The molecule has 0 spiro atoms. The highest BCUT2D eigenvalue weighted by molar-refractivity contribution is 6.02. The molecular formula is C13H7FN2O2. The zero-order valence-corrected chi connectivity index (χ0v) is 9.09. The largest absolute Gasteiger partial charge is 0.478 e. The highest BCUT2D eigenvalue weighted by Crippen LogP contribution is 2.20. The van der Waals surface area contributed by atoms with Crippen LogP contribution in [-0.4, -0.2) is 21.0 Å². The van der Waals surface area contributed by atoms with Crippen LogP contribution in [-0.2, 0) is 0 Å². The number of hydrogen-bond acceptors (Lipinski definition) is 3. The van der Waals surface area contributed by atoms with Gasteiger partial charge in [-0.15, -0.1) is 0 Å². The van der Waals surface area contributed by atoms with E-state index in [1.54, 1.807) is 12.1 Å². The Labute approximate surface area is 101 Å². The van der Waals surface area contributed by atoms with Crippen molar-refractivity contribution in [1.29, 1.82) is 0 Å². The second-order valence-electron chi connectivity index (χ2n) is 3.84. The van der Waals surface area contributed by atoms with Crippen molar-refractivity contribution in [3.8, 4) is 0 Å². The SMILES string of the molecule is O=C(O)c1cccc2nc3ccc(F)cc3nc12. The monoisotopic (exact) mass is 242 g/mol. The van der Waals surface area contributed by atoms with Gasteiger partial charge in [-0.05, 0) is 24.3 Å². The maximum atomic E-state index is 13.1. The van der Waals surface area contributed by atoms with Crippen LogP contribution in [0.15, 0.2) is 36.4 Å². The van der Waals surface area contributed by atoms with Crippen molar-refractivity contribution in [1.82, 2.24) is 9.97 Å². The summed E-state index contributed by atoms with van der Waals surface area (Å²) in [5.74, 6) is -1.50. The van der Waals surface area contributed by atoms with Gasteiger partial charge in [0.25, 0.3) is 0 Å². The Bertz CT molecular complexity index is 786. The maximum absolute atomic E-state index is 13.1. The van der Waals surface area contributed by atoms with Crippen molar-refractivity contribution in [2.45, 2.75) is 0 Å². The number of nitrogens with zero attached hydrogens (tertiary/aromatic N) is 2. The van der Waals surface area contributed by atoms with Crippen molar-refractivity contribution in [2.24, 2.45) is 0 Å². The predicted octanol–water partition coefficient (Wildman–Crippen LogP) is 2.62. The van der Waals surface area contributed by atoms with Crippen LogP contribution >= 0.6 is 0 Å². The third-order valence-electron chi connectivity index (χ3n) is 2.66. The molecule has 0 unspecified atom stereocenters. The molecule has 0 aliphatic carbocycles. The van der Waals surface area contributed by atoms with Gasteiger partial charge in [0.1, 0.15) is 11.3 Å². The lowest BCUT2D eigenvalue weighted by atomic mass is 10.1. The molecule has 0 amide bonds. The number of hydrogen-bond donors (Lipinski definition) is 1. The first-order chi connectivity index (χ1) is 8.65. The van der Waals surface area contributed by atoms with Gasteiger partial charge in [0, 0.05) is 6.07 Å². The van der Waals surface area contributed by atoms with Crippen LogP contribution in [0.1, 0.15) is 10.4 Å². The van der Waals surface area contributed by atoms with E-state index in [1.807, 2.05) is 0 Å². The molecular weight excluding hydrogens is 235 g/mol. The summed E-state index contributed by atoms with van der Waals surface area (Å²) in [7, 11) is 0. The van der Waals surface area contributed by atoms with Crippen molar-refractivity contribution >= 4 is 28.0 Å². The number of aromatic nitrogens is 2. The fraction of sp³-hybridized carbons (Fsp3) is 0. The highest BCUT2D eigenvalue weighted by Gasteiger charge is 2.11. The topological polar surface area (TPSA) is 63.1 Å². The van der Waals surface area contributed by atoms with E-state index in [2.05, 4.69) is 9.97 Å². The van der Waals surface area contributed by atoms with Gasteiger partial charge in [0.15, 0.2) is 0 Å². The lowest BCUT2D eigenvalue weighted by Crippen LogP contribution is -2.00. The number of benzene rings is 2. The van der Waals surface area contributed by atoms with Crippen molar-refractivity contribution in [3.63, 3.8) is 0 Å². The predicted molar refractivity (Wildman–Crippen MR) is 64.0 cm³/mol. The fourth-order valence-corrected chi connectivity index (χ4v) is 1.84. The molecule has 1 heterocycles. The summed E-state index contributed by atoms with van der Waals surface area (Å²) in [5.41, 5.74) is 1.69. The van der Waals surface area contributed by atoms with Gasteiger partial charge in [-0.3, -0.25) is 0 Å². The molecule has 0 bridgehead atoms. The second-order valence-corrected chi connectivity index (χ2v) is 3.84. The highest BCUT2D eigenvalue weighted by atomic mass is 19.1. The van der Waals surface area contributed by atoms with E-state index >= 15 is 0 Å².